The number of aromatic nitrogens is 4. The Morgan fingerprint density at radius 1 is 1.36 bits per heavy atom. The van der Waals surface area contributed by atoms with Gasteiger partial charge in [0.15, 0.2) is 0 Å². The zero-order valence-corrected chi connectivity index (χ0v) is 14.5. The quantitative estimate of drug-likeness (QED) is 0.796. The highest BCUT2D eigenvalue weighted by molar-refractivity contribution is 5.84. The van der Waals surface area contributed by atoms with E-state index in [2.05, 4.69) is 27.3 Å². The van der Waals surface area contributed by atoms with Gasteiger partial charge in [0.25, 0.3) is 0 Å². The van der Waals surface area contributed by atoms with Crippen molar-refractivity contribution in [2.24, 2.45) is 7.05 Å². The molecule has 6 nitrogen and oxygen atoms in total. The van der Waals surface area contributed by atoms with Gasteiger partial charge in [0.05, 0.1) is 0 Å². The maximum Gasteiger partial charge on any atom is 0.222 e. The van der Waals surface area contributed by atoms with Crippen LogP contribution in [0.5, 0.6) is 0 Å². The molecule has 0 saturated carbocycles. The number of amides is 1. The van der Waals surface area contributed by atoms with Crippen LogP contribution in [0.4, 0.5) is 0 Å². The summed E-state index contributed by atoms with van der Waals surface area (Å²) in [6, 6.07) is 8.24. The summed E-state index contributed by atoms with van der Waals surface area (Å²) in [5.74, 6) is 1.50. The Bertz CT molecular complexity index is 881. The summed E-state index contributed by atoms with van der Waals surface area (Å²) in [4.78, 5) is 18.0. The highest BCUT2D eigenvalue weighted by Gasteiger charge is 2.27. The lowest BCUT2D eigenvalue weighted by Gasteiger charge is -2.32. The summed E-state index contributed by atoms with van der Waals surface area (Å²) in [6.07, 6.45) is 7.17. The number of aryl methyl sites for hydroxylation is 2. The van der Waals surface area contributed by atoms with Gasteiger partial charge >= 0.3 is 0 Å². The van der Waals surface area contributed by atoms with Gasteiger partial charge in [-0.3, -0.25) is 4.79 Å². The molecule has 1 saturated heterocycles. The predicted molar refractivity (Wildman–Crippen MR) is 96.2 cm³/mol. The smallest absolute Gasteiger partial charge is 0.222 e. The van der Waals surface area contributed by atoms with Crippen LogP contribution in [0.1, 0.15) is 36.6 Å². The van der Waals surface area contributed by atoms with E-state index in [1.165, 1.54) is 10.9 Å². The zero-order valence-electron chi connectivity index (χ0n) is 14.5. The minimum absolute atomic E-state index is 0.233. The van der Waals surface area contributed by atoms with Gasteiger partial charge in [-0.25, -0.2) is 0 Å². The molecule has 1 amide bonds. The van der Waals surface area contributed by atoms with E-state index >= 15 is 0 Å². The number of nitrogens with zero attached hydrogens (tertiary/aromatic N) is 4. The third-order valence-electron chi connectivity index (χ3n) is 5.17. The highest BCUT2D eigenvalue weighted by Crippen LogP contribution is 2.26. The van der Waals surface area contributed by atoms with E-state index in [0.29, 0.717) is 12.3 Å². The minimum atomic E-state index is 0.233. The van der Waals surface area contributed by atoms with Crippen LogP contribution in [-0.2, 0) is 18.3 Å². The molecule has 1 aliphatic heterocycles. The first-order valence-corrected chi connectivity index (χ1v) is 8.89. The molecule has 0 spiro atoms. The van der Waals surface area contributed by atoms with Crippen LogP contribution in [0.2, 0.25) is 0 Å². The lowest BCUT2D eigenvalue weighted by molar-refractivity contribution is -0.132. The fourth-order valence-corrected chi connectivity index (χ4v) is 3.81. The third-order valence-corrected chi connectivity index (χ3v) is 5.17. The number of para-hydroxylation sites is 1. The molecule has 6 heteroatoms. The molecule has 1 aromatic carbocycles. The first-order valence-electron chi connectivity index (χ1n) is 8.89. The molecule has 3 heterocycles. The SMILES string of the molecule is Cn1cnnc1[C@@H]1CCCN(C(=O)CCc2c[nH]c3ccccc23)C1. The number of carbonyl (C=O) groups excluding carboxylic acids is 1. The molecule has 0 unspecified atom stereocenters. The lowest BCUT2D eigenvalue weighted by atomic mass is 9.96. The number of carbonyl (C=O) groups is 1. The number of aromatic amines is 1. The standard InChI is InChI=1S/C19H23N5O/c1-23-13-21-22-19(23)15-5-4-10-24(12-15)18(25)9-8-14-11-20-17-7-3-2-6-16(14)17/h2-3,6-7,11,13,15,20H,4-5,8-10,12H2,1H3/t15-/m1/s1. The normalized spacial score (nSPS) is 18.0. The minimum Gasteiger partial charge on any atom is -0.361 e. The Hall–Kier alpha value is -2.63. The number of hydrogen-bond donors (Lipinski definition) is 1. The van der Waals surface area contributed by atoms with Crippen LogP contribution in [0.3, 0.4) is 0 Å². The molecule has 0 aliphatic carbocycles. The molecule has 2 aromatic heterocycles. The van der Waals surface area contributed by atoms with Gasteiger partial charge in [-0.1, -0.05) is 18.2 Å². The van der Waals surface area contributed by atoms with Gasteiger partial charge in [0, 0.05) is 49.6 Å². The number of H-pyrrole nitrogens is 1. The van der Waals surface area contributed by atoms with Crippen LogP contribution in [0, 0.1) is 0 Å². The number of rotatable bonds is 4. The van der Waals surface area contributed by atoms with E-state index in [0.717, 1.165) is 43.7 Å². The Morgan fingerprint density at radius 3 is 3.08 bits per heavy atom. The molecule has 130 valence electrons. The van der Waals surface area contributed by atoms with Gasteiger partial charge in [0.2, 0.25) is 5.91 Å². The summed E-state index contributed by atoms with van der Waals surface area (Å²) in [6.45, 7) is 1.60. The maximum atomic E-state index is 12.7. The van der Waals surface area contributed by atoms with E-state index < -0.39 is 0 Å². The van der Waals surface area contributed by atoms with Gasteiger partial charge in [-0.15, -0.1) is 10.2 Å². The number of fused-ring (bicyclic) bond motifs is 1. The van der Waals surface area contributed by atoms with Gasteiger partial charge in [0.1, 0.15) is 12.2 Å². The Labute approximate surface area is 146 Å². The summed E-state index contributed by atoms with van der Waals surface area (Å²) in [7, 11) is 1.97. The molecule has 4 rings (SSSR count). The van der Waals surface area contributed by atoms with Crippen LogP contribution in [-0.4, -0.2) is 43.6 Å². The maximum absolute atomic E-state index is 12.7. The van der Waals surface area contributed by atoms with Crippen molar-refractivity contribution >= 4 is 16.8 Å². The first-order chi connectivity index (χ1) is 12.2. The fraction of sp³-hybridized carbons (Fsp3) is 0.421. The monoisotopic (exact) mass is 337 g/mol. The summed E-state index contributed by atoms with van der Waals surface area (Å²) in [5, 5.41) is 9.41. The highest BCUT2D eigenvalue weighted by atomic mass is 16.2. The zero-order chi connectivity index (χ0) is 17.2. The summed E-state index contributed by atoms with van der Waals surface area (Å²) in [5.41, 5.74) is 2.34. The van der Waals surface area contributed by atoms with Crippen molar-refractivity contribution < 1.29 is 4.79 Å². The van der Waals surface area contributed by atoms with Crippen LogP contribution in [0.25, 0.3) is 10.9 Å². The molecule has 25 heavy (non-hydrogen) atoms. The molecular weight excluding hydrogens is 314 g/mol. The van der Waals surface area contributed by atoms with Crippen molar-refractivity contribution in [3.05, 3.63) is 48.2 Å². The second-order valence-electron chi connectivity index (χ2n) is 6.84. The third kappa shape index (κ3) is 3.16. The Kier molecular flexibility index (Phi) is 4.26. The van der Waals surface area contributed by atoms with Crippen LogP contribution >= 0.6 is 0 Å². The predicted octanol–water partition coefficient (Wildman–Crippen LogP) is 2.64. The summed E-state index contributed by atoms with van der Waals surface area (Å²) >= 11 is 0. The van der Waals surface area contributed by atoms with Crippen molar-refractivity contribution in [3.63, 3.8) is 0 Å². The second-order valence-corrected chi connectivity index (χ2v) is 6.84. The largest absolute Gasteiger partial charge is 0.361 e. The van der Waals surface area contributed by atoms with Crippen LogP contribution in [0.15, 0.2) is 36.8 Å². The van der Waals surface area contributed by atoms with Crippen LogP contribution < -0.4 is 0 Å². The van der Waals surface area contributed by atoms with E-state index in [-0.39, 0.29) is 5.91 Å². The fourth-order valence-electron chi connectivity index (χ4n) is 3.81. The number of likely N-dealkylation sites (tertiary alicyclic amines) is 1. The van der Waals surface area contributed by atoms with Crippen molar-refractivity contribution in [2.45, 2.75) is 31.6 Å². The molecule has 0 bridgehead atoms. The van der Waals surface area contributed by atoms with E-state index in [4.69, 9.17) is 0 Å². The molecular formula is C19H23N5O. The number of benzene rings is 1. The topological polar surface area (TPSA) is 66.8 Å². The van der Waals surface area contributed by atoms with Crippen molar-refractivity contribution in [2.75, 3.05) is 13.1 Å². The Morgan fingerprint density at radius 2 is 2.24 bits per heavy atom. The van der Waals surface area contributed by atoms with Crippen molar-refractivity contribution in [3.8, 4) is 0 Å². The second kappa shape index (κ2) is 6.70. The van der Waals surface area contributed by atoms with Crippen molar-refractivity contribution in [1.29, 1.82) is 0 Å². The van der Waals surface area contributed by atoms with E-state index in [9.17, 15) is 4.79 Å². The molecule has 3 aromatic rings. The van der Waals surface area contributed by atoms with Gasteiger partial charge in [-0.05, 0) is 30.9 Å². The molecule has 1 fully saturated rings. The van der Waals surface area contributed by atoms with E-state index in [1.807, 2.05) is 34.8 Å². The first kappa shape index (κ1) is 15.9. The average Bonchev–Trinajstić information content (AvgIpc) is 3.26. The molecule has 1 atom stereocenters. The number of piperidine rings is 1. The molecule has 1 N–H and O–H groups in total. The van der Waals surface area contributed by atoms with Crippen molar-refractivity contribution in [1.82, 2.24) is 24.6 Å². The van der Waals surface area contributed by atoms with Gasteiger partial charge < -0.3 is 14.5 Å². The van der Waals surface area contributed by atoms with Gasteiger partial charge in [-0.2, -0.15) is 0 Å². The molecule has 1 aliphatic rings. The number of hydrogen-bond acceptors (Lipinski definition) is 3. The summed E-state index contributed by atoms with van der Waals surface area (Å²) < 4.78 is 1.96. The number of nitrogens with one attached hydrogen (secondary N) is 1. The Balaban J connectivity index is 1.40. The lowest BCUT2D eigenvalue weighted by Crippen LogP contribution is -2.39. The average molecular weight is 337 g/mol. The molecule has 0 radical (unpaired) electrons. The van der Waals surface area contributed by atoms with E-state index in [1.54, 1.807) is 6.33 Å².